The van der Waals surface area contributed by atoms with Gasteiger partial charge >= 0.3 is 0 Å². The molecule has 0 aromatic carbocycles. The van der Waals surface area contributed by atoms with Crippen molar-refractivity contribution in [2.45, 2.75) is 97.9 Å². The van der Waals surface area contributed by atoms with Gasteiger partial charge in [-0.3, -0.25) is 0 Å². The first-order valence-electron chi connectivity index (χ1n) is 7.79. The maximum Gasteiger partial charge on any atom is 0.0581 e. The van der Waals surface area contributed by atoms with E-state index in [1.165, 1.54) is 32.1 Å². The third-order valence-corrected chi connectivity index (χ3v) is 3.21. The predicted octanol–water partition coefficient (Wildman–Crippen LogP) is 4.55. The van der Waals surface area contributed by atoms with Crippen LogP contribution in [0.3, 0.4) is 0 Å². The highest BCUT2D eigenvalue weighted by Crippen LogP contribution is 2.18. The van der Waals surface area contributed by atoms with Gasteiger partial charge in [-0.05, 0) is 39.0 Å². The van der Waals surface area contributed by atoms with Crippen molar-refractivity contribution in [1.82, 2.24) is 0 Å². The zero-order valence-corrected chi connectivity index (χ0v) is 13.1. The predicted molar refractivity (Wildman–Crippen MR) is 78.8 cm³/mol. The number of unbranched alkanes of at least 4 members (excludes halogenated alkanes) is 3. The van der Waals surface area contributed by atoms with Crippen molar-refractivity contribution in [3.05, 3.63) is 0 Å². The quantitative estimate of drug-likeness (QED) is 0.551. The Kier molecular flexibility index (Phi) is 10.8. The molecule has 0 unspecified atom stereocenters. The van der Waals surface area contributed by atoms with Gasteiger partial charge in [0.05, 0.1) is 18.3 Å². The van der Waals surface area contributed by atoms with Crippen LogP contribution in [0.4, 0.5) is 0 Å². The zero-order chi connectivity index (χ0) is 14.0. The van der Waals surface area contributed by atoms with Crippen LogP contribution in [0.1, 0.15) is 79.6 Å². The average molecular weight is 258 g/mol. The minimum atomic E-state index is -0.264. The van der Waals surface area contributed by atoms with Gasteiger partial charge in [0, 0.05) is 0 Å². The van der Waals surface area contributed by atoms with Crippen molar-refractivity contribution in [2.75, 3.05) is 0 Å². The van der Waals surface area contributed by atoms with E-state index in [0.29, 0.717) is 12.0 Å². The molecule has 2 nitrogen and oxygen atoms in total. The number of hydrogen-bond acceptors (Lipinski definition) is 2. The summed E-state index contributed by atoms with van der Waals surface area (Å²) >= 11 is 0. The third kappa shape index (κ3) is 11.0. The van der Waals surface area contributed by atoms with E-state index < -0.39 is 0 Å². The Balaban J connectivity index is 3.97. The number of aliphatic hydroxyl groups is 1. The fourth-order valence-corrected chi connectivity index (χ4v) is 2.43. The highest BCUT2D eigenvalue weighted by Gasteiger charge is 2.16. The number of aliphatic hydroxyl groups excluding tert-OH is 1. The molecule has 0 aliphatic heterocycles. The van der Waals surface area contributed by atoms with Crippen LogP contribution in [0.5, 0.6) is 0 Å². The maximum absolute atomic E-state index is 9.38. The number of ether oxygens (including phenoxy) is 1. The number of rotatable bonds is 11. The summed E-state index contributed by atoms with van der Waals surface area (Å²) in [7, 11) is 0. The molecule has 2 heteroatoms. The molecular formula is C16H34O2. The van der Waals surface area contributed by atoms with Gasteiger partial charge in [-0.25, -0.2) is 0 Å². The van der Waals surface area contributed by atoms with Crippen LogP contribution in [0.15, 0.2) is 0 Å². The lowest BCUT2D eigenvalue weighted by Gasteiger charge is -2.25. The summed E-state index contributed by atoms with van der Waals surface area (Å²) < 4.78 is 6.09. The molecule has 0 bridgehead atoms. The maximum atomic E-state index is 9.38. The molecule has 1 N–H and O–H groups in total. The average Bonchev–Trinajstić information content (AvgIpc) is 2.22. The minimum absolute atomic E-state index is 0.167. The van der Waals surface area contributed by atoms with Crippen LogP contribution in [0, 0.1) is 5.92 Å². The lowest BCUT2D eigenvalue weighted by molar-refractivity contribution is -0.0366. The van der Waals surface area contributed by atoms with Crippen LogP contribution in [-0.2, 0) is 4.74 Å². The molecule has 0 aliphatic carbocycles. The van der Waals surface area contributed by atoms with Crippen molar-refractivity contribution in [2.24, 2.45) is 5.92 Å². The monoisotopic (exact) mass is 258 g/mol. The molecule has 110 valence electrons. The topological polar surface area (TPSA) is 29.5 Å². The normalized spacial score (nSPS) is 16.8. The molecule has 18 heavy (non-hydrogen) atoms. The Labute approximate surface area is 114 Å². The standard InChI is InChI=1S/C16H34O2/c1-6-7-8-9-10-16(11-13(2)3)18-15(5)12-14(4)17/h13-17H,6-12H2,1-5H3/t14-,15-,16-/m1/s1. The lowest BCUT2D eigenvalue weighted by atomic mass is 10.00. The molecule has 0 heterocycles. The largest absolute Gasteiger partial charge is 0.393 e. The molecule has 0 radical (unpaired) electrons. The first-order chi connectivity index (χ1) is 8.45. The van der Waals surface area contributed by atoms with Gasteiger partial charge in [-0.1, -0.05) is 46.5 Å². The molecule has 0 spiro atoms. The first kappa shape index (κ1) is 17.9. The second-order valence-corrected chi connectivity index (χ2v) is 6.13. The van der Waals surface area contributed by atoms with Crippen molar-refractivity contribution < 1.29 is 9.84 Å². The Morgan fingerprint density at radius 1 is 0.944 bits per heavy atom. The second-order valence-electron chi connectivity index (χ2n) is 6.13. The molecular weight excluding hydrogens is 224 g/mol. The third-order valence-electron chi connectivity index (χ3n) is 3.21. The molecule has 0 saturated carbocycles. The summed E-state index contributed by atoms with van der Waals surface area (Å²) in [5.74, 6) is 0.680. The summed E-state index contributed by atoms with van der Waals surface area (Å²) in [6, 6.07) is 0. The second kappa shape index (κ2) is 10.8. The zero-order valence-electron chi connectivity index (χ0n) is 13.1. The van der Waals surface area contributed by atoms with E-state index in [2.05, 4.69) is 27.7 Å². The van der Waals surface area contributed by atoms with Crippen molar-refractivity contribution in [3.8, 4) is 0 Å². The Hall–Kier alpha value is -0.0800. The van der Waals surface area contributed by atoms with E-state index >= 15 is 0 Å². The molecule has 0 aromatic rings. The summed E-state index contributed by atoms with van der Waals surface area (Å²) in [6.45, 7) is 10.7. The van der Waals surface area contributed by atoms with E-state index in [4.69, 9.17) is 4.74 Å². The van der Waals surface area contributed by atoms with Gasteiger partial charge in [0.15, 0.2) is 0 Å². The van der Waals surface area contributed by atoms with Crippen LogP contribution in [0.25, 0.3) is 0 Å². The van der Waals surface area contributed by atoms with E-state index in [1.807, 2.05) is 6.92 Å². The lowest BCUT2D eigenvalue weighted by Crippen LogP contribution is -2.24. The van der Waals surface area contributed by atoms with E-state index in [1.54, 1.807) is 0 Å². The van der Waals surface area contributed by atoms with Gasteiger partial charge in [0.2, 0.25) is 0 Å². The summed E-state index contributed by atoms with van der Waals surface area (Å²) in [5.41, 5.74) is 0. The van der Waals surface area contributed by atoms with Gasteiger partial charge in [-0.2, -0.15) is 0 Å². The van der Waals surface area contributed by atoms with Crippen LogP contribution < -0.4 is 0 Å². The fraction of sp³-hybridized carbons (Fsp3) is 1.00. The Morgan fingerprint density at radius 2 is 1.61 bits per heavy atom. The van der Waals surface area contributed by atoms with Gasteiger partial charge in [-0.15, -0.1) is 0 Å². The fourth-order valence-electron chi connectivity index (χ4n) is 2.43. The van der Waals surface area contributed by atoms with Crippen LogP contribution >= 0.6 is 0 Å². The summed E-state index contributed by atoms with van der Waals surface area (Å²) in [5, 5.41) is 9.38. The van der Waals surface area contributed by atoms with E-state index in [9.17, 15) is 5.11 Å². The summed E-state index contributed by atoms with van der Waals surface area (Å²) in [4.78, 5) is 0. The van der Waals surface area contributed by atoms with Gasteiger partial charge in [0.1, 0.15) is 0 Å². The smallest absolute Gasteiger partial charge is 0.0581 e. The van der Waals surface area contributed by atoms with Crippen LogP contribution in [0.2, 0.25) is 0 Å². The molecule has 0 aromatic heterocycles. The number of hydrogen-bond donors (Lipinski definition) is 1. The molecule has 0 fully saturated rings. The first-order valence-corrected chi connectivity index (χ1v) is 7.79. The van der Waals surface area contributed by atoms with Gasteiger partial charge < -0.3 is 9.84 Å². The van der Waals surface area contributed by atoms with E-state index in [-0.39, 0.29) is 12.2 Å². The van der Waals surface area contributed by atoms with Crippen molar-refractivity contribution in [3.63, 3.8) is 0 Å². The van der Waals surface area contributed by atoms with E-state index in [0.717, 1.165) is 12.8 Å². The molecule has 3 atom stereocenters. The molecule has 0 amide bonds. The van der Waals surface area contributed by atoms with Crippen LogP contribution in [-0.4, -0.2) is 23.4 Å². The highest BCUT2D eigenvalue weighted by molar-refractivity contribution is 4.65. The minimum Gasteiger partial charge on any atom is -0.393 e. The Morgan fingerprint density at radius 3 is 2.11 bits per heavy atom. The molecule has 0 saturated heterocycles. The van der Waals surface area contributed by atoms with Gasteiger partial charge in [0.25, 0.3) is 0 Å². The van der Waals surface area contributed by atoms with Crippen molar-refractivity contribution >= 4 is 0 Å². The molecule has 0 aliphatic rings. The van der Waals surface area contributed by atoms with Crippen molar-refractivity contribution in [1.29, 1.82) is 0 Å². The summed E-state index contributed by atoms with van der Waals surface area (Å²) in [6.07, 6.45) is 8.52. The SMILES string of the molecule is CCCCCC[C@H](CC(C)C)O[C@H](C)C[C@@H](C)O. The Bertz CT molecular complexity index is 178. The molecule has 0 rings (SSSR count). The highest BCUT2D eigenvalue weighted by atomic mass is 16.5.